The molecule has 2 heterocycles. The minimum absolute atomic E-state index is 0.0466. The molecule has 4 nitrogen and oxygen atoms in total. The molecule has 1 fully saturated rings. The highest BCUT2D eigenvalue weighted by Gasteiger charge is 2.15. The van der Waals surface area contributed by atoms with Gasteiger partial charge in [0.1, 0.15) is 0 Å². The van der Waals surface area contributed by atoms with Crippen LogP contribution in [0.4, 0.5) is 5.69 Å². The van der Waals surface area contributed by atoms with Gasteiger partial charge in [-0.05, 0) is 73.8 Å². The largest absolute Gasteiger partial charge is 0.325 e. The molecule has 0 radical (unpaired) electrons. The molecule has 1 amide bonds. The number of hydrogen-bond donors (Lipinski definition) is 1. The van der Waals surface area contributed by atoms with Crippen LogP contribution in [-0.2, 0) is 4.79 Å². The molecule has 4 aromatic rings. The van der Waals surface area contributed by atoms with Gasteiger partial charge in [-0.2, -0.15) is 0 Å². The van der Waals surface area contributed by atoms with E-state index in [4.69, 9.17) is 4.98 Å². The fraction of sp³-hybridized carbons (Fsp3) is 0.214. The van der Waals surface area contributed by atoms with Crippen LogP contribution in [0, 0.1) is 6.92 Å². The molecule has 5 rings (SSSR count). The summed E-state index contributed by atoms with van der Waals surface area (Å²) in [5.41, 5.74) is 7.31. The van der Waals surface area contributed by atoms with Crippen molar-refractivity contribution in [1.82, 2.24) is 9.88 Å². The van der Waals surface area contributed by atoms with Crippen LogP contribution < -0.4 is 5.32 Å². The molecule has 0 aliphatic carbocycles. The Bertz CT molecular complexity index is 1240. The van der Waals surface area contributed by atoms with Gasteiger partial charge in [-0.25, -0.2) is 4.98 Å². The summed E-state index contributed by atoms with van der Waals surface area (Å²) in [6, 6.07) is 27.0. The average Bonchev–Trinajstić information content (AvgIpc) is 3.32. The number of aryl methyl sites for hydroxylation is 1. The Morgan fingerprint density at radius 1 is 0.906 bits per heavy atom. The van der Waals surface area contributed by atoms with Crippen molar-refractivity contribution in [2.24, 2.45) is 0 Å². The molecule has 160 valence electrons. The summed E-state index contributed by atoms with van der Waals surface area (Å²) in [6.45, 7) is 4.59. The van der Waals surface area contributed by atoms with E-state index in [-0.39, 0.29) is 5.91 Å². The molecule has 4 heteroatoms. The quantitative estimate of drug-likeness (QED) is 0.436. The highest BCUT2D eigenvalue weighted by molar-refractivity contribution is 5.97. The van der Waals surface area contributed by atoms with E-state index in [1.165, 1.54) is 29.5 Å². The maximum Gasteiger partial charge on any atom is 0.238 e. The summed E-state index contributed by atoms with van der Waals surface area (Å²) >= 11 is 0. The molecule has 3 aromatic carbocycles. The van der Waals surface area contributed by atoms with Crippen LogP contribution in [0.5, 0.6) is 0 Å². The second kappa shape index (κ2) is 8.93. The summed E-state index contributed by atoms with van der Waals surface area (Å²) in [5.74, 6) is 0.0466. The lowest BCUT2D eigenvalue weighted by molar-refractivity contribution is -0.117. The molecule has 0 spiro atoms. The van der Waals surface area contributed by atoms with Crippen molar-refractivity contribution in [1.29, 1.82) is 0 Å². The molecule has 1 saturated heterocycles. The highest BCUT2D eigenvalue weighted by Crippen LogP contribution is 2.32. The summed E-state index contributed by atoms with van der Waals surface area (Å²) < 4.78 is 0. The number of carbonyl (C=O) groups is 1. The zero-order chi connectivity index (χ0) is 21.9. The number of benzene rings is 3. The first-order chi connectivity index (χ1) is 15.7. The topological polar surface area (TPSA) is 45.2 Å². The number of aromatic nitrogens is 1. The van der Waals surface area contributed by atoms with E-state index in [0.717, 1.165) is 40.9 Å². The molecule has 0 atom stereocenters. The molecule has 1 aliphatic heterocycles. The average molecular weight is 422 g/mol. The molecule has 1 aliphatic rings. The first-order valence-corrected chi connectivity index (χ1v) is 11.3. The molecule has 1 aromatic heterocycles. The van der Waals surface area contributed by atoms with E-state index in [2.05, 4.69) is 65.7 Å². The molecular weight excluding hydrogens is 394 g/mol. The van der Waals surface area contributed by atoms with Gasteiger partial charge in [0.05, 0.1) is 17.8 Å². The molecular formula is C28H27N3O. The predicted molar refractivity (Wildman–Crippen MR) is 132 cm³/mol. The number of carbonyl (C=O) groups excluding carboxylic acids is 1. The number of nitrogens with one attached hydrogen (secondary N) is 1. The minimum atomic E-state index is 0.0466. The zero-order valence-corrected chi connectivity index (χ0v) is 18.3. The number of pyridine rings is 1. The summed E-state index contributed by atoms with van der Waals surface area (Å²) in [5, 5.41) is 4.17. The zero-order valence-electron chi connectivity index (χ0n) is 18.3. The van der Waals surface area contributed by atoms with E-state index in [0.29, 0.717) is 6.54 Å². The van der Waals surface area contributed by atoms with Crippen molar-refractivity contribution in [2.75, 3.05) is 25.0 Å². The van der Waals surface area contributed by atoms with Gasteiger partial charge < -0.3 is 5.32 Å². The molecule has 0 bridgehead atoms. The Morgan fingerprint density at radius 2 is 1.66 bits per heavy atom. The predicted octanol–water partition coefficient (Wildman–Crippen LogP) is 5.91. The summed E-state index contributed by atoms with van der Waals surface area (Å²) in [7, 11) is 0. The van der Waals surface area contributed by atoms with Gasteiger partial charge in [-0.1, -0.05) is 54.6 Å². The van der Waals surface area contributed by atoms with Crippen LogP contribution in [0.15, 0.2) is 78.9 Å². The second-order valence-electron chi connectivity index (χ2n) is 8.55. The monoisotopic (exact) mass is 421 g/mol. The Labute approximate surface area is 188 Å². The number of hydrogen-bond acceptors (Lipinski definition) is 3. The Morgan fingerprint density at radius 3 is 2.41 bits per heavy atom. The van der Waals surface area contributed by atoms with Gasteiger partial charge in [0, 0.05) is 16.6 Å². The van der Waals surface area contributed by atoms with Crippen molar-refractivity contribution in [3.05, 3.63) is 84.4 Å². The fourth-order valence-electron chi connectivity index (χ4n) is 4.41. The Hall–Kier alpha value is -3.50. The number of fused-ring (bicyclic) bond motifs is 1. The van der Waals surface area contributed by atoms with Gasteiger partial charge in [0.25, 0.3) is 0 Å². The van der Waals surface area contributed by atoms with Crippen LogP contribution in [0.25, 0.3) is 33.3 Å². The van der Waals surface area contributed by atoms with Crippen LogP contribution in [0.2, 0.25) is 0 Å². The van der Waals surface area contributed by atoms with Crippen molar-refractivity contribution >= 4 is 22.5 Å². The standard InChI is InChI=1S/C28H27N3O/c1-20-9-14-24-25(21-7-3-2-4-8-21)18-26(30-27(24)17-20)22-10-12-23(13-11-22)29-28(32)19-31-15-5-6-16-31/h2-4,7-14,17-18H,5-6,15-16,19H2,1H3,(H,29,32). The maximum absolute atomic E-state index is 12.3. The number of rotatable bonds is 5. The van der Waals surface area contributed by atoms with Crippen molar-refractivity contribution in [3.8, 4) is 22.4 Å². The van der Waals surface area contributed by atoms with Crippen molar-refractivity contribution in [2.45, 2.75) is 19.8 Å². The van der Waals surface area contributed by atoms with Crippen molar-refractivity contribution in [3.63, 3.8) is 0 Å². The summed E-state index contributed by atoms with van der Waals surface area (Å²) in [6.07, 6.45) is 2.37. The number of anilines is 1. The molecule has 0 unspecified atom stereocenters. The van der Waals surface area contributed by atoms with Crippen molar-refractivity contribution < 1.29 is 4.79 Å². The number of amides is 1. The van der Waals surface area contributed by atoms with Crippen LogP contribution in [0.3, 0.4) is 0 Å². The smallest absolute Gasteiger partial charge is 0.238 e. The van der Waals surface area contributed by atoms with E-state index in [1.807, 2.05) is 30.3 Å². The van der Waals surface area contributed by atoms with Gasteiger partial charge >= 0.3 is 0 Å². The lowest BCUT2D eigenvalue weighted by Gasteiger charge is -2.14. The third kappa shape index (κ3) is 4.41. The third-order valence-electron chi connectivity index (χ3n) is 6.08. The molecule has 0 saturated carbocycles. The van der Waals surface area contributed by atoms with Gasteiger partial charge in [-0.15, -0.1) is 0 Å². The SMILES string of the molecule is Cc1ccc2c(-c3ccccc3)cc(-c3ccc(NC(=O)CN4CCCC4)cc3)nc2c1. The van der Waals surface area contributed by atoms with E-state index < -0.39 is 0 Å². The molecule has 1 N–H and O–H groups in total. The van der Waals surface area contributed by atoms with E-state index in [9.17, 15) is 4.79 Å². The van der Waals surface area contributed by atoms with Gasteiger partial charge in [0.2, 0.25) is 5.91 Å². The van der Waals surface area contributed by atoms with Crippen LogP contribution >= 0.6 is 0 Å². The minimum Gasteiger partial charge on any atom is -0.325 e. The second-order valence-corrected chi connectivity index (χ2v) is 8.55. The highest BCUT2D eigenvalue weighted by atomic mass is 16.2. The maximum atomic E-state index is 12.3. The van der Waals surface area contributed by atoms with Gasteiger partial charge in [0.15, 0.2) is 0 Å². The Balaban J connectivity index is 1.44. The third-order valence-corrected chi connectivity index (χ3v) is 6.08. The first-order valence-electron chi connectivity index (χ1n) is 11.3. The lowest BCUT2D eigenvalue weighted by atomic mass is 9.97. The van der Waals surface area contributed by atoms with E-state index >= 15 is 0 Å². The van der Waals surface area contributed by atoms with Crippen LogP contribution in [0.1, 0.15) is 18.4 Å². The number of nitrogens with zero attached hydrogens (tertiary/aromatic N) is 2. The number of likely N-dealkylation sites (tertiary alicyclic amines) is 1. The Kier molecular flexibility index (Phi) is 5.70. The first kappa shape index (κ1) is 20.4. The lowest BCUT2D eigenvalue weighted by Crippen LogP contribution is -2.30. The summed E-state index contributed by atoms with van der Waals surface area (Å²) in [4.78, 5) is 19.5. The fourth-order valence-corrected chi connectivity index (χ4v) is 4.41. The van der Waals surface area contributed by atoms with Crippen LogP contribution in [-0.4, -0.2) is 35.4 Å². The molecule has 32 heavy (non-hydrogen) atoms. The van der Waals surface area contributed by atoms with Gasteiger partial charge in [-0.3, -0.25) is 9.69 Å². The normalized spacial score (nSPS) is 14.0. The van der Waals surface area contributed by atoms with E-state index in [1.54, 1.807) is 0 Å².